The van der Waals surface area contributed by atoms with E-state index in [4.69, 9.17) is 5.14 Å². The molecule has 0 aliphatic heterocycles. The van der Waals surface area contributed by atoms with Crippen molar-refractivity contribution in [3.05, 3.63) is 48.0 Å². The minimum atomic E-state index is -4.19. The molecule has 2 rings (SSSR count). The molecule has 0 amide bonds. The van der Waals surface area contributed by atoms with E-state index in [-0.39, 0.29) is 5.69 Å². The third-order valence-electron chi connectivity index (χ3n) is 2.45. The number of nitrogens with zero attached hydrogens (tertiary/aromatic N) is 1. The lowest BCUT2D eigenvalue weighted by atomic mass is 10.3. The summed E-state index contributed by atoms with van der Waals surface area (Å²) in [5.74, 6) is -2.20. The molecule has 1 heterocycles. The second-order valence-electron chi connectivity index (χ2n) is 3.71. The number of aromatic carboxylic acids is 1. The van der Waals surface area contributed by atoms with E-state index < -0.39 is 32.4 Å². The zero-order valence-electron chi connectivity index (χ0n) is 9.41. The number of rotatable bonds is 3. The van der Waals surface area contributed by atoms with Crippen LogP contribution in [0.15, 0.2) is 41.4 Å². The molecule has 0 spiro atoms. The van der Waals surface area contributed by atoms with Crippen LogP contribution in [-0.4, -0.2) is 19.0 Å². The molecule has 1 aromatic heterocycles. The van der Waals surface area contributed by atoms with Gasteiger partial charge in [-0.3, -0.25) is 0 Å². The first-order chi connectivity index (χ1) is 8.80. The van der Waals surface area contributed by atoms with Crippen LogP contribution < -0.4 is 10.2 Å². The van der Waals surface area contributed by atoms with E-state index in [1.165, 1.54) is 18.3 Å². The lowest BCUT2D eigenvalue weighted by Gasteiger charge is -2.11. The van der Waals surface area contributed by atoms with Crippen molar-refractivity contribution in [2.24, 2.45) is 5.14 Å². The number of aromatic nitrogens is 1. The van der Waals surface area contributed by atoms with E-state index in [0.29, 0.717) is 0 Å². The molecular weight excluding hydrogens is 275 g/mol. The Morgan fingerprint density at radius 3 is 2.26 bits per heavy atom. The Balaban J connectivity index is 2.69. The van der Waals surface area contributed by atoms with E-state index in [9.17, 15) is 22.7 Å². The van der Waals surface area contributed by atoms with Crippen molar-refractivity contribution in [3.8, 4) is 5.69 Å². The Bertz CT molecular complexity index is 735. The number of carbonyl (C=O) groups is 1. The molecule has 0 radical (unpaired) electrons. The van der Waals surface area contributed by atoms with Gasteiger partial charge in [0.05, 0.1) is 11.7 Å². The van der Waals surface area contributed by atoms with Gasteiger partial charge < -0.3 is 14.5 Å². The average molecular weight is 283 g/mol. The molecule has 100 valence electrons. The molecule has 0 saturated heterocycles. The number of primary sulfonamides is 1. The molecule has 2 aromatic rings. The van der Waals surface area contributed by atoms with Crippen LogP contribution in [0.25, 0.3) is 5.69 Å². The smallest absolute Gasteiger partial charge is 0.240 e. The van der Waals surface area contributed by atoms with Crippen LogP contribution in [0.2, 0.25) is 0 Å². The maximum absolute atomic E-state index is 12.8. The molecular formula is C11H8FN2O4S-. The molecule has 8 heteroatoms. The topological polar surface area (TPSA) is 105 Å². The Labute approximate surface area is 107 Å². The fourth-order valence-corrected chi connectivity index (χ4v) is 2.36. The molecule has 0 atom stereocenters. The number of halogens is 1. The van der Waals surface area contributed by atoms with Crippen LogP contribution in [0, 0.1) is 5.82 Å². The number of hydrogen-bond donors (Lipinski definition) is 1. The summed E-state index contributed by atoms with van der Waals surface area (Å²) in [5.41, 5.74) is -0.329. The molecule has 1 aromatic carbocycles. The van der Waals surface area contributed by atoms with Crippen LogP contribution in [-0.2, 0) is 10.0 Å². The van der Waals surface area contributed by atoms with Gasteiger partial charge >= 0.3 is 0 Å². The molecule has 0 saturated carbocycles. The molecule has 6 nitrogen and oxygen atoms in total. The fraction of sp³-hybridized carbons (Fsp3) is 0. The van der Waals surface area contributed by atoms with Gasteiger partial charge in [0, 0.05) is 11.9 Å². The molecule has 0 aliphatic carbocycles. The molecule has 0 aliphatic rings. The molecule has 0 unspecified atom stereocenters. The predicted octanol–water partition coefficient (Wildman–Crippen LogP) is -0.373. The largest absolute Gasteiger partial charge is 0.543 e. The Morgan fingerprint density at radius 2 is 1.79 bits per heavy atom. The van der Waals surface area contributed by atoms with Crippen LogP contribution in [0.1, 0.15) is 10.5 Å². The van der Waals surface area contributed by atoms with Crippen molar-refractivity contribution >= 4 is 16.0 Å². The summed E-state index contributed by atoms with van der Waals surface area (Å²) in [4.78, 5) is 10.5. The summed E-state index contributed by atoms with van der Waals surface area (Å²) >= 11 is 0. The predicted molar refractivity (Wildman–Crippen MR) is 61.4 cm³/mol. The Morgan fingerprint density at radius 1 is 1.21 bits per heavy atom. The number of hydrogen-bond acceptors (Lipinski definition) is 4. The lowest BCUT2D eigenvalue weighted by molar-refractivity contribution is -0.256. The molecule has 0 fully saturated rings. The van der Waals surface area contributed by atoms with Crippen molar-refractivity contribution in [2.75, 3.05) is 0 Å². The summed E-state index contributed by atoms with van der Waals surface area (Å²) in [6.45, 7) is 0. The van der Waals surface area contributed by atoms with Gasteiger partial charge in [-0.05, 0) is 30.3 Å². The first-order valence-electron chi connectivity index (χ1n) is 5.02. The van der Waals surface area contributed by atoms with Gasteiger partial charge in [-0.1, -0.05) is 0 Å². The molecule has 19 heavy (non-hydrogen) atoms. The van der Waals surface area contributed by atoms with Crippen molar-refractivity contribution < 1.29 is 22.7 Å². The van der Waals surface area contributed by atoms with Gasteiger partial charge in [0.2, 0.25) is 10.0 Å². The van der Waals surface area contributed by atoms with Gasteiger partial charge in [0.1, 0.15) is 10.7 Å². The number of carboxylic acid groups (broad SMARTS) is 1. The van der Waals surface area contributed by atoms with Crippen molar-refractivity contribution in [3.63, 3.8) is 0 Å². The van der Waals surface area contributed by atoms with Gasteiger partial charge in [0.25, 0.3) is 0 Å². The Hall–Kier alpha value is -2.19. The summed E-state index contributed by atoms with van der Waals surface area (Å²) < 4.78 is 36.4. The summed E-state index contributed by atoms with van der Waals surface area (Å²) in [5, 5.41) is 16.0. The van der Waals surface area contributed by atoms with Crippen molar-refractivity contribution in [2.45, 2.75) is 4.90 Å². The maximum atomic E-state index is 12.8. The molecule has 2 N–H and O–H groups in total. The summed E-state index contributed by atoms with van der Waals surface area (Å²) in [6, 6.07) is 5.88. The Kier molecular flexibility index (Phi) is 3.13. The van der Waals surface area contributed by atoms with E-state index in [1.54, 1.807) is 0 Å². The van der Waals surface area contributed by atoms with Crippen LogP contribution in [0.4, 0.5) is 4.39 Å². The van der Waals surface area contributed by atoms with Crippen molar-refractivity contribution in [1.29, 1.82) is 0 Å². The van der Waals surface area contributed by atoms with Crippen LogP contribution >= 0.6 is 0 Å². The van der Waals surface area contributed by atoms with Gasteiger partial charge in [-0.15, -0.1) is 0 Å². The van der Waals surface area contributed by atoms with E-state index >= 15 is 0 Å². The molecule has 0 bridgehead atoms. The highest BCUT2D eigenvalue weighted by atomic mass is 32.2. The summed E-state index contributed by atoms with van der Waals surface area (Å²) in [6.07, 6.45) is 1.21. The highest BCUT2D eigenvalue weighted by Crippen LogP contribution is 2.20. The number of nitrogens with two attached hydrogens (primary N) is 1. The number of carbonyl (C=O) groups excluding carboxylic acids is 1. The number of sulfonamides is 1. The first kappa shape index (κ1) is 13.2. The first-order valence-corrected chi connectivity index (χ1v) is 6.57. The zero-order chi connectivity index (χ0) is 14.2. The van der Waals surface area contributed by atoms with E-state index in [1.807, 2.05) is 0 Å². The second kappa shape index (κ2) is 4.48. The quantitative estimate of drug-likeness (QED) is 0.829. The number of benzene rings is 1. The normalized spacial score (nSPS) is 11.5. The highest BCUT2D eigenvalue weighted by Gasteiger charge is 2.19. The highest BCUT2D eigenvalue weighted by molar-refractivity contribution is 7.89. The van der Waals surface area contributed by atoms with Gasteiger partial charge in [-0.25, -0.2) is 17.9 Å². The SMILES string of the molecule is NS(=O)(=O)c1ccn(-c2ccc(F)cc2)c1C(=O)[O-]. The maximum Gasteiger partial charge on any atom is 0.240 e. The van der Waals surface area contributed by atoms with Crippen LogP contribution in [0.3, 0.4) is 0 Å². The van der Waals surface area contributed by atoms with Gasteiger partial charge in [-0.2, -0.15) is 0 Å². The standard InChI is InChI=1S/C11H9FN2O4S/c12-7-1-3-8(4-2-7)14-6-5-9(19(13,17)18)10(14)11(15)16/h1-6H,(H,15,16)(H2,13,17,18)/p-1. The zero-order valence-corrected chi connectivity index (χ0v) is 10.2. The van der Waals surface area contributed by atoms with E-state index in [0.717, 1.165) is 22.8 Å². The van der Waals surface area contributed by atoms with Crippen molar-refractivity contribution in [1.82, 2.24) is 4.57 Å². The third kappa shape index (κ3) is 2.49. The second-order valence-corrected chi connectivity index (χ2v) is 5.24. The summed E-state index contributed by atoms with van der Waals surface area (Å²) in [7, 11) is -4.19. The van der Waals surface area contributed by atoms with Crippen LogP contribution in [0.5, 0.6) is 0 Å². The minimum absolute atomic E-state index is 0.274. The van der Waals surface area contributed by atoms with Gasteiger partial charge in [0.15, 0.2) is 0 Å². The minimum Gasteiger partial charge on any atom is -0.543 e. The average Bonchev–Trinajstić information content (AvgIpc) is 2.74. The number of carboxylic acids is 1. The fourth-order valence-electron chi connectivity index (χ4n) is 1.66. The van der Waals surface area contributed by atoms with E-state index in [2.05, 4.69) is 0 Å². The monoisotopic (exact) mass is 283 g/mol. The lowest BCUT2D eigenvalue weighted by Crippen LogP contribution is -2.28. The third-order valence-corrected chi connectivity index (χ3v) is 3.40.